The van der Waals surface area contributed by atoms with Gasteiger partial charge >= 0.3 is 0 Å². The SMILES string of the molecule is O=S(=O)(NCc1ccnc(Oc2ccccc2F)c1)c1c(F)cccc1F. The van der Waals surface area contributed by atoms with Gasteiger partial charge in [-0.2, -0.15) is 0 Å². The predicted octanol–water partition coefficient (Wildman–Crippen LogP) is 3.77. The molecule has 0 saturated heterocycles. The first-order valence-corrected chi connectivity index (χ1v) is 9.16. The van der Waals surface area contributed by atoms with E-state index in [-0.39, 0.29) is 18.2 Å². The van der Waals surface area contributed by atoms with Crippen LogP contribution in [0.4, 0.5) is 13.2 Å². The molecule has 0 atom stereocenters. The summed E-state index contributed by atoms with van der Waals surface area (Å²) in [6.07, 6.45) is 1.34. The third-order valence-corrected chi connectivity index (χ3v) is 4.96. The number of halogens is 3. The van der Waals surface area contributed by atoms with Crippen molar-refractivity contribution in [3.63, 3.8) is 0 Å². The topological polar surface area (TPSA) is 68.3 Å². The van der Waals surface area contributed by atoms with Crippen molar-refractivity contribution in [3.8, 4) is 11.6 Å². The molecular weight excluding hydrogens is 381 g/mol. The van der Waals surface area contributed by atoms with Gasteiger partial charge in [0.05, 0.1) is 0 Å². The van der Waals surface area contributed by atoms with Gasteiger partial charge in [0.1, 0.15) is 11.6 Å². The molecule has 3 rings (SSSR count). The fraction of sp³-hybridized carbons (Fsp3) is 0.0556. The zero-order valence-corrected chi connectivity index (χ0v) is 14.5. The third-order valence-electron chi connectivity index (χ3n) is 3.50. The molecule has 2 aromatic carbocycles. The summed E-state index contributed by atoms with van der Waals surface area (Å²) in [6.45, 7) is -0.272. The molecule has 0 bridgehead atoms. The molecule has 0 radical (unpaired) electrons. The van der Waals surface area contributed by atoms with Crippen molar-refractivity contribution in [2.45, 2.75) is 11.4 Å². The normalized spacial score (nSPS) is 11.4. The van der Waals surface area contributed by atoms with Crippen LogP contribution >= 0.6 is 0 Å². The number of aromatic nitrogens is 1. The first-order chi connectivity index (χ1) is 12.9. The number of para-hydroxylation sites is 1. The number of hydrogen-bond acceptors (Lipinski definition) is 4. The van der Waals surface area contributed by atoms with Crippen LogP contribution in [0.1, 0.15) is 5.56 Å². The van der Waals surface area contributed by atoms with E-state index in [1.54, 1.807) is 6.07 Å². The first-order valence-electron chi connectivity index (χ1n) is 7.68. The van der Waals surface area contributed by atoms with Gasteiger partial charge in [-0.25, -0.2) is 31.3 Å². The van der Waals surface area contributed by atoms with E-state index < -0.39 is 32.4 Å². The number of hydrogen-bond donors (Lipinski definition) is 1. The molecule has 0 aliphatic carbocycles. The minimum Gasteiger partial charge on any atom is -0.436 e. The third kappa shape index (κ3) is 4.44. The molecular formula is C18H13F3N2O3S. The van der Waals surface area contributed by atoms with Crippen LogP contribution in [0.3, 0.4) is 0 Å². The zero-order valence-electron chi connectivity index (χ0n) is 13.7. The maximum atomic E-state index is 13.7. The molecule has 1 heterocycles. The average molecular weight is 394 g/mol. The Morgan fingerprint density at radius 3 is 2.30 bits per heavy atom. The van der Waals surface area contributed by atoms with Gasteiger partial charge in [-0.3, -0.25) is 0 Å². The molecule has 0 unspecified atom stereocenters. The van der Waals surface area contributed by atoms with E-state index in [1.807, 2.05) is 0 Å². The Kier molecular flexibility index (Phi) is 5.43. The van der Waals surface area contributed by atoms with Crippen LogP contribution in [0.2, 0.25) is 0 Å². The first kappa shape index (κ1) is 18.9. The standard InChI is InChI=1S/C18H13F3N2O3S/c19-13-4-1-2-7-16(13)26-17-10-12(8-9-22-17)11-23-27(24,25)18-14(20)5-3-6-15(18)21/h1-10,23H,11H2. The van der Waals surface area contributed by atoms with Crippen molar-refractivity contribution in [1.29, 1.82) is 0 Å². The quantitative estimate of drug-likeness (QED) is 0.691. The van der Waals surface area contributed by atoms with Gasteiger partial charge in [0.25, 0.3) is 0 Å². The van der Waals surface area contributed by atoms with Crippen LogP contribution in [0.5, 0.6) is 11.6 Å². The number of sulfonamides is 1. The Labute approximate surface area is 153 Å². The van der Waals surface area contributed by atoms with Crippen LogP contribution in [-0.4, -0.2) is 13.4 Å². The molecule has 0 spiro atoms. The van der Waals surface area contributed by atoms with E-state index in [2.05, 4.69) is 9.71 Å². The maximum absolute atomic E-state index is 13.7. The van der Waals surface area contributed by atoms with Crippen molar-refractivity contribution < 1.29 is 26.3 Å². The zero-order chi connectivity index (χ0) is 19.4. The molecule has 0 amide bonds. The van der Waals surface area contributed by atoms with Crippen LogP contribution < -0.4 is 9.46 Å². The summed E-state index contributed by atoms with van der Waals surface area (Å²) in [5, 5.41) is 0. The molecule has 1 aromatic heterocycles. The van der Waals surface area contributed by atoms with Crippen molar-refractivity contribution in [1.82, 2.24) is 9.71 Å². The number of ether oxygens (including phenoxy) is 1. The number of rotatable bonds is 6. The number of nitrogens with one attached hydrogen (secondary N) is 1. The van der Waals surface area contributed by atoms with Crippen LogP contribution in [0, 0.1) is 17.5 Å². The Bertz CT molecular complexity index is 1050. The van der Waals surface area contributed by atoms with E-state index in [0.29, 0.717) is 5.56 Å². The Morgan fingerprint density at radius 2 is 1.59 bits per heavy atom. The van der Waals surface area contributed by atoms with Gasteiger partial charge in [-0.1, -0.05) is 18.2 Å². The lowest BCUT2D eigenvalue weighted by Crippen LogP contribution is -2.25. The van der Waals surface area contributed by atoms with E-state index in [9.17, 15) is 21.6 Å². The molecule has 0 fully saturated rings. The van der Waals surface area contributed by atoms with Gasteiger partial charge in [-0.05, 0) is 35.9 Å². The summed E-state index contributed by atoms with van der Waals surface area (Å²) in [5.74, 6) is -2.98. The molecule has 0 saturated carbocycles. The Morgan fingerprint density at radius 1 is 0.926 bits per heavy atom. The second-order valence-corrected chi connectivity index (χ2v) is 7.11. The second kappa shape index (κ2) is 7.77. The fourth-order valence-electron chi connectivity index (χ4n) is 2.25. The summed E-state index contributed by atoms with van der Waals surface area (Å²) < 4.78 is 72.8. The fourth-order valence-corrected chi connectivity index (χ4v) is 3.40. The minimum atomic E-state index is -4.42. The van der Waals surface area contributed by atoms with Gasteiger partial charge < -0.3 is 4.74 Å². The van der Waals surface area contributed by atoms with Gasteiger partial charge in [0, 0.05) is 18.8 Å². The van der Waals surface area contributed by atoms with E-state index >= 15 is 0 Å². The summed E-state index contributed by atoms with van der Waals surface area (Å²) in [6, 6.07) is 11.3. The van der Waals surface area contributed by atoms with Crippen molar-refractivity contribution in [2.24, 2.45) is 0 Å². The largest absolute Gasteiger partial charge is 0.436 e. The number of benzene rings is 2. The van der Waals surface area contributed by atoms with Gasteiger partial charge in [-0.15, -0.1) is 0 Å². The molecule has 9 heteroatoms. The van der Waals surface area contributed by atoms with E-state index in [0.717, 1.165) is 18.2 Å². The van der Waals surface area contributed by atoms with Crippen LogP contribution in [0.15, 0.2) is 65.7 Å². The van der Waals surface area contributed by atoms with Crippen LogP contribution in [0.25, 0.3) is 0 Å². The van der Waals surface area contributed by atoms with Gasteiger partial charge in [0.2, 0.25) is 15.9 Å². The Hall–Kier alpha value is -2.91. The lowest BCUT2D eigenvalue weighted by Gasteiger charge is -2.10. The smallest absolute Gasteiger partial charge is 0.246 e. The van der Waals surface area contributed by atoms with E-state index in [4.69, 9.17) is 4.74 Å². The predicted molar refractivity (Wildman–Crippen MR) is 91.1 cm³/mol. The van der Waals surface area contributed by atoms with E-state index in [1.165, 1.54) is 36.5 Å². The summed E-state index contributed by atoms with van der Waals surface area (Å²) >= 11 is 0. The highest BCUT2D eigenvalue weighted by molar-refractivity contribution is 7.89. The summed E-state index contributed by atoms with van der Waals surface area (Å²) in [5.41, 5.74) is 0.400. The second-order valence-electron chi connectivity index (χ2n) is 5.41. The summed E-state index contributed by atoms with van der Waals surface area (Å²) in [7, 11) is -4.42. The lowest BCUT2D eigenvalue weighted by atomic mass is 10.3. The molecule has 5 nitrogen and oxygen atoms in total. The molecule has 140 valence electrons. The van der Waals surface area contributed by atoms with Crippen LogP contribution in [-0.2, 0) is 16.6 Å². The molecule has 0 aliphatic heterocycles. The lowest BCUT2D eigenvalue weighted by molar-refractivity contribution is 0.427. The Balaban J connectivity index is 1.76. The molecule has 0 aliphatic rings. The summed E-state index contributed by atoms with van der Waals surface area (Å²) in [4.78, 5) is 2.87. The van der Waals surface area contributed by atoms with Crippen molar-refractivity contribution >= 4 is 10.0 Å². The van der Waals surface area contributed by atoms with Crippen molar-refractivity contribution in [2.75, 3.05) is 0 Å². The maximum Gasteiger partial charge on any atom is 0.246 e. The molecule has 27 heavy (non-hydrogen) atoms. The highest BCUT2D eigenvalue weighted by atomic mass is 32.2. The highest BCUT2D eigenvalue weighted by Gasteiger charge is 2.23. The molecule has 3 aromatic rings. The monoisotopic (exact) mass is 394 g/mol. The van der Waals surface area contributed by atoms with Crippen molar-refractivity contribution in [3.05, 3.63) is 83.8 Å². The number of nitrogens with zero attached hydrogens (tertiary/aromatic N) is 1. The average Bonchev–Trinajstić information content (AvgIpc) is 2.62. The minimum absolute atomic E-state index is 0.0360. The van der Waals surface area contributed by atoms with Gasteiger partial charge in [0.15, 0.2) is 16.5 Å². The molecule has 1 N–H and O–H groups in total. The number of pyridine rings is 1. The highest BCUT2D eigenvalue weighted by Crippen LogP contribution is 2.23.